The van der Waals surface area contributed by atoms with E-state index in [0.717, 1.165) is 0 Å². The second kappa shape index (κ2) is 9.60. The lowest BCUT2D eigenvalue weighted by atomic mass is 10.2. The van der Waals surface area contributed by atoms with Crippen molar-refractivity contribution in [2.75, 3.05) is 25.0 Å². The summed E-state index contributed by atoms with van der Waals surface area (Å²) in [6, 6.07) is 9.02. The first-order valence-electron chi connectivity index (χ1n) is 8.77. The number of carbonyl (C=O) groups is 1. The normalized spacial score (nSPS) is 11.5. The first-order valence-corrected chi connectivity index (χ1v) is 11.0. The van der Waals surface area contributed by atoms with Gasteiger partial charge in [-0.3, -0.25) is 4.79 Å². The van der Waals surface area contributed by atoms with E-state index in [1.165, 1.54) is 28.6 Å². The van der Waals surface area contributed by atoms with Crippen LogP contribution in [0.25, 0.3) is 0 Å². The van der Waals surface area contributed by atoms with Gasteiger partial charge >= 0.3 is 0 Å². The molecule has 2 aromatic carbocycles. The summed E-state index contributed by atoms with van der Waals surface area (Å²) >= 11 is 12.0. The molecule has 0 saturated heterocycles. The lowest BCUT2D eigenvalue weighted by molar-refractivity contribution is 0.102. The third kappa shape index (κ3) is 4.97. The summed E-state index contributed by atoms with van der Waals surface area (Å²) in [6.07, 6.45) is 0. The standard InChI is InChI=1S/C19H22Cl2N2O4S/c1-4-23(5-2)28(25,26)18-12-14(8-10-17(18)27-6-3)22-19(24)15-11-13(20)7-9-16(15)21/h7-12H,4-6H2,1-3H3,(H,22,24). The molecule has 28 heavy (non-hydrogen) atoms. The molecule has 0 atom stereocenters. The molecule has 0 aliphatic heterocycles. The minimum atomic E-state index is -3.78. The Hall–Kier alpha value is -1.80. The summed E-state index contributed by atoms with van der Waals surface area (Å²) in [5.41, 5.74) is 0.492. The lowest BCUT2D eigenvalue weighted by Gasteiger charge is -2.21. The highest BCUT2D eigenvalue weighted by atomic mass is 35.5. The third-order valence-electron chi connectivity index (χ3n) is 4.00. The van der Waals surface area contributed by atoms with Crippen molar-refractivity contribution in [2.45, 2.75) is 25.7 Å². The number of anilines is 1. The van der Waals surface area contributed by atoms with Gasteiger partial charge in [-0.25, -0.2) is 8.42 Å². The van der Waals surface area contributed by atoms with E-state index < -0.39 is 15.9 Å². The number of nitrogens with zero attached hydrogens (tertiary/aromatic N) is 1. The maximum absolute atomic E-state index is 13.0. The molecule has 6 nitrogen and oxygen atoms in total. The van der Waals surface area contributed by atoms with E-state index >= 15 is 0 Å². The number of ether oxygens (including phenoxy) is 1. The molecule has 1 N–H and O–H groups in total. The molecule has 0 aliphatic rings. The number of rotatable bonds is 8. The van der Waals surface area contributed by atoms with Crippen molar-refractivity contribution in [3.63, 3.8) is 0 Å². The summed E-state index contributed by atoms with van der Waals surface area (Å²) in [6.45, 7) is 6.23. The molecule has 0 spiro atoms. The number of nitrogens with one attached hydrogen (secondary N) is 1. The van der Waals surface area contributed by atoms with Crippen LogP contribution < -0.4 is 10.1 Å². The van der Waals surface area contributed by atoms with Crippen molar-refractivity contribution in [3.05, 3.63) is 52.0 Å². The van der Waals surface area contributed by atoms with Gasteiger partial charge in [0, 0.05) is 23.8 Å². The fraction of sp³-hybridized carbons (Fsp3) is 0.316. The predicted molar refractivity (Wildman–Crippen MR) is 112 cm³/mol. The van der Waals surface area contributed by atoms with Crippen molar-refractivity contribution < 1.29 is 17.9 Å². The predicted octanol–water partition coefficient (Wildman–Crippen LogP) is 4.67. The van der Waals surface area contributed by atoms with Crippen LogP contribution in [0.4, 0.5) is 5.69 Å². The fourth-order valence-corrected chi connectivity index (χ4v) is 4.63. The van der Waals surface area contributed by atoms with Crippen LogP contribution in [0.1, 0.15) is 31.1 Å². The second-order valence-electron chi connectivity index (χ2n) is 5.76. The van der Waals surface area contributed by atoms with E-state index in [1.54, 1.807) is 32.9 Å². The maximum atomic E-state index is 13.0. The molecular weight excluding hydrogens is 423 g/mol. The van der Waals surface area contributed by atoms with Crippen LogP contribution in [0, 0.1) is 0 Å². The number of hydrogen-bond acceptors (Lipinski definition) is 4. The molecule has 0 heterocycles. The Morgan fingerprint density at radius 1 is 1.07 bits per heavy atom. The van der Waals surface area contributed by atoms with Gasteiger partial charge in [-0.1, -0.05) is 37.0 Å². The van der Waals surface area contributed by atoms with Crippen LogP contribution in [0.2, 0.25) is 10.0 Å². The van der Waals surface area contributed by atoms with Crippen LogP contribution in [0.5, 0.6) is 5.75 Å². The van der Waals surface area contributed by atoms with Gasteiger partial charge in [0.2, 0.25) is 10.0 Å². The lowest BCUT2D eigenvalue weighted by Crippen LogP contribution is -2.31. The highest BCUT2D eigenvalue weighted by molar-refractivity contribution is 7.89. The number of sulfonamides is 1. The van der Waals surface area contributed by atoms with Gasteiger partial charge in [0.05, 0.1) is 17.2 Å². The Bertz CT molecular complexity index is 960. The van der Waals surface area contributed by atoms with E-state index in [2.05, 4.69) is 5.32 Å². The summed E-state index contributed by atoms with van der Waals surface area (Å²) in [7, 11) is -3.78. The highest BCUT2D eigenvalue weighted by Crippen LogP contribution is 2.30. The van der Waals surface area contributed by atoms with Gasteiger partial charge < -0.3 is 10.1 Å². The molecular formula is C19H22Cl2N2O4S. The zero-order valence-corrected chi connectivity index (χ0v) is 18.2. The fourth-order valence-electron chi connectivity index (χ4n) is 2.63. The molecule has 0 saturated carbocycles. The van der Waals surface area contributed by atoms with Crippen molar-refractivity contribution in [3.8, 4) is 5.75 Å². The number of carbonyl (C=O) groups excluding carboxylic acids is 1. The van der Waals surface area contributed by atoms with E-state index in [-0.39, 0.29) is 21.2 Å². The molecule has 2 rings (SSSR count). The van der Waals surface area contributed by atoms with Crippen LogP contribution in [-0.4, -0.2) is 38.3 Å². The smallest absolute Gasteiger partial charge is 0.257 e. The number of halogens is 2. The van der Waals surface area contributed by atoms with E-state index in [1.807, 2.05) is 0 Å². The van der Waals surface area contributed by atoms with Crippen molar-refractivity contribution in [1.29, 1.82) is 0 Å². The Labute approximate surface area is 175 Å². The first-order chi connectivity index (χ1) is 13.2. The average molecular weight is 445 g/mol. The van der Waals surface area contributed by atoms with Gasteiger partial charge in [0.25, 0.3) is 5.91 Å². The number of hydrogen-bond donors (Lipinski definition) is 1. The topological polar surface area (TPSA) is 75.7 Å². The van der Waals surface area contributed by atoms with Crippen LogP contribution >= 0.6 is 23.2 Å². The summed E-state index contributed by atoms with van der Waals surface area (Å²) in [5.74, 6) is -0.268. The van der Waals surface area contributed by atoms with Gasteiger partial charge in [-0.2, -0.15) is 4.31 Å². The van der Waals surface area contributed by atoms with Crippen molar-refractivity contribution >= 4 is 44.8 Å². The Morgan fingerprint density at radius 2 is 1.75 bits per heavy atom. The second-order valence-corrected chi connectivity index (χ2v) is 8.51. The summed E-state index contributed by atoms with van der Waals surface area (Å²) < 4.78 is 32.8. The molecule has 0 unspecified atom stereocenters. The summed E-state index contributed by atoms with van der Waals surface area (Å²) in [5, 5.41) is 3.27. The van der Waals surface area contributed by atoms with Crippen molar-refractivity contribution in [1.82, 2.24) is 4.31 Å². The Kier molecular flexibility index (Phi) is 7.71. The molecule has 2 aromatic rings. The van der Waals surface area contributed by atoms with Crippen LogP contribution in [-0.2, 0) is 10.0 Å². The Balaban J connectivity index is 2.44. The molecule has 152 valence electrons. The van der Waals surface area contributed by atoms with Crippen LogP contribution in [0.3, 0.4) is 0 Å². The zero-order valence-electron chi connectivity index (χ0n) is 15.8. The molecule has 0 bridgehead atoms. The van der Waals surface area contributed by atoms with E-state index in [4.69, 9.17) is 27.9 Å². The SMILES string of the molecule is CCOc1ccc(NC(=O)c2cc(Cl)ccc2Cl)cc1S(=O)(=O)N(CC)CC. The minimum absolute atomic E-state index is 0.00644. The molecule has 0 aromatic heterocycles. The maximum Gasteiger partial charge on any atom is 0.257 e. The molecule has 0 radical (unpaired) electrons. The zero-order chi connectivity index (χ0) is 20.9. The van der Waals surface area contributed by atoms with Gasteiger partial charge in [-0.15, -0.1) is 0 Å². The summed E-state index contributed by atoms with van der Waals surface area (Å²) in [4.78, 5) is 12.6. The number of benzene rings is 2. The minimum Gasteiger partial charge on any atom is -0.492 e. The quantitative estimate of drug-likeness (QED) is 0.641. The van der Waals surface area contributed by atoms with E-state index in [0.29, 0.717) is 30.4 Å². The third-order valence-corrected chi connectivity index (χ3v) is 6.63. The molecule has 0 aliphatic carbocycles. The monoisotopic (exact) mass is 444 g/mol. The molecule has 0 fully saturated rings. The van der Waals surface area contributed by atoms with Gasteiger partial charge in [0.15, 0.2) is 0 Å². The van der Waals surface area contributed by atoms with Crippen LogP contribution in [0.15, 0.2) is 41.3 Å². The highest BCUT2D eigenvalue weighted by Gasteiger charge is 2.26. The molecule has 1 amide bonds. The largest absolute Gasteiger partial charge is 0.492 e. The number of amides is 1. The molecule has 9 heteroatoms. The van der Waals surface area contributed by atoms with Gasteiger partial charge in [-0.05, 0) is 43.3 Å². The van der Waals surface area contributed by atoms with E-state index in [9.17, 15) is 13.2 Å². The Morgan fingerprint density at radius 3 is 2.36 bits per heavy atom. The average Bonchev–Trinajstić information content (AvgIpc) is 2.65. The van der Waals surface area contributed by atoms with Gasteiger partial charge in [0.1, 0.15) is 10.6 Å². The van der Waals surface area contributed by atoms with Crippen molar-refractivity contribution in [2.24, 2.45) is 0 Å². The first kappa shape index (κ1) is 22.5.